The number of carbonyl (C=O) groups excluding carboxylic acids is 2. The maximum Gasteiger partial charge on any atom is 0.295 e. The molecule has 1 atom stereocenters. The van der Waals surface area contributed by atoms with Gasteiger partial charge in [0.1, 0.15) is 23.3 Å². The number of nitrogens with zero attached hydrogens (tertiary/aromatic N) is 2. The Kier molecular flexibility index (Phi) is 6.55. The SMILES string of the molecule is COc1cc(C)c(/C(O)=C2\C(=O)C(=O)N(CCN(C)C)C2c2ccco2)cc1C(C)C. The van der Waals surface area contributed by atoms with Crippen LogP contribution in [0.2, 0.25) is 0 Å². The maximum atomic E-state index is 13.0. The number of rotatable bonds is 7. The quantitative estimate of drug-likeness (QED) is 0.413. The second kappa shape index (κ2) is 8.98. The minimum atomic E-state index is -0.779. The van der Waals surface area contributed by atoms with Gasteiger partial charge in [-0.05, 0) is 62.3 Å². The molecule has 1 saturated heterocycles. The zero-order valence-corrected chi connectivity index (χ0v) is 18.9. The van der Waals surface area contributed by atoms with Gasteiger partial charge < -0.3 is 24.1 Å². The molecule has 3 rings (SSSR count). The predicted molar refractivity (Wildman–Crippen MR) is 118 cm³/mol. The molecule has 1 aromatic carbocycles. The fourth-order valence-electron chi connectivity index (χ4n) is 3.89. The normalized spacial score (nSPS) is 18.5. The summed E-state index contributed by atoms with van der Waals surface area (Å²) in [6, 6.07) is 6.32. The first kappa shape index (κ1) is 22.6. The van der Waals surface area contributed by atoms with E-state index in [2.05, 4.69) is 0 Å². The van der Waals surface area contributed by atoms with Crippen LogP contribution in [0.3, 0.4) is 0 Å². The van der Waals surface area contributed by atoms with E-state index < -0.39 is 17.7 Å². The third-order valence-electron chi connectivity index (χ3n) is 5.59. The van der Waals surface area contributed by atoms with E-state index in [4.69, 9.17) is 9.15 Å². The van der Waals surface area contributed by atoms with Gasteiger partial charge in [-0.1, -0.05) is 13.8 Å². The van der Waals surface area contributed by atoms with Crippen LogP contribution in [0.5, 0.6) is 5.75 Å². The third-order valence-corrected chi connectivity index (χ3v) is 5.59. The lowest BCUT2D eigenvalue weighted by Crippen LogP contribution is -2.35. The van der Waals surface area contributed by atoms with Crippen LogP contribution in [-0.4, -0.2) is 60.9 Å². The molecule has 1 aliphatic rings. The summed E-state index contributed by atoms with van der Waals surface area (Å²) in [7, 11) is 5.40. The number of hydrogen-bond acceptors (Lipinski definition) is 6. The van der Waals surface area contributed by atoms with Crippen molar-refractivity contribution in [2.24, 2.45) is 0 Å². The molecule has 1 fully saturated rings. The average Bonchev–Trinajstić information content (AvgIpc) is 3.32. The van der Waals surface area contributed by atoms with Gasteiger partial charge in [-0.3, -0.25) is 9.59 Å². The maximum absolute atomic E-state index is 13.0. The minimum absolute atomic E-state index is 0.0432. The van der Waals surface area contributed by atoms with Gasteiger partial charge in [0, 0.05) is 18.7 Å². The van der Waals surface area contributed by atoms with Gasteiger partial charge in [-0.25, -0.2) is 0 Å². The summed E-state index contributed by atoms with van der Waals surface area (Å²) >= 11 is 0. The first-order chi connectivity index (χ1) is 14.7. The molecule has 0 radical (unpaired) electrons. The summed E-state index contributed by atoms with van der Waals surface area (Å²) in [6.07, 6.45) is 1.50. The van der Waals surface area contributed by atoms with Crippen LogP contribution in [0.25, 0.3) is 5.76 Å². The van der Waals surface area contributed by atoms with E-state index in [1.54, 1.807) is 19.2 Å². The third kappa shape index (κ3) is 4.23. The Balaban J connectivity index is 2.19. The molecule has 0 bridgehead atoms. The number of aliphatic hydroxyl groups is 1. The summed E-state index contributed by atoms with van der Waals surface area (Å²) in [5, 5.41) is 11.3. The zero-order valence-electron chi connectivity index (χ0n) is 18.9. The number of furan rings is 1. The summed E-state index contributed by atoms with van der Waals surface area (Å²) in [5.74, 6) is -0.244. The number of amides is 1. The molecule has 1 aromatic heterocycles. The topological polar surface area (TPSA) is 83.2 Å². The highest BCUT2D eigenvalue weighted by atomic mass is 16.5. The standard InChI is InChI=1S/C24H30N2O5/c1-14(2)16-13-17(15(3)12-19(16)30-6)22(27)20-21(18-8-7-11-31-18)26(10-9-25(4)5)24(29)23(20)28/h7-8,11-14,21,27H,9-10H2,1-6H3/b22-20+. The number of Topliss-reactive ketones (excluding diaryl/α,β-unsaturated/α-hetero) is 1. The van der Waals surface area contributed by atoms with Crippen molar-refractivity contribution in [2.45, 2.75) is 32.7 Å². The lowest BCUT2D eigenvalue weighted by molar-refractivity contribution is -0.140. The van der Waals surface area contributed by atoms with Crippen molar-refractivity contribution in [2.75, 3.05) is 34.3 Å². The molecule has 0 aliphatic carbocycles. The van der Waals surface area contributed by atoms with Crippen LogP contribution in [0.4, 0.5) is 0 Å². The highest BCUT2D eigenvalue weighted by molar-refractivity contribution is 6.46. The lowest BCUT2D eigenvalue weighted by atomic mass is 9.92. The Morgan fingerprint density at radius 2 is 2.00 bits per heavy atom. The second-order valence-electron chi connectivity index (χ2n) is 8.37. The van der Waals surface area contributed by atoms with Crippen molar-refractivity contribution in [3.63, 3.8) is 0 Å². The fraction of sp³-hybridized carbons (Fsp3) is 0.417. The van der Waals surface area contributed by atoms with Crippen molar-refractivity contribution in [1.82, 2.24) is 9.80 Å². The summed E-state index contributed by atoms with van der Waals surface area (Å²) in [6.45, 7) is 6.80. The highest BCUT2D eigenvalue weighted by Crippen LogP contribution is 2.41. The molecule has 2 heterocycles. The van der Waals surface area contributed by atoms with Crippen LogP contribution in [0, 0.1) is 6.92 Å². The van der Waals surface area contributed by atoms with Crippen molar-refractivity contribution < 1.29 is 23.8 Å². The average molecular weight is 427 g/mol. The molecule has 31 heavy (non-hydrogen) atoms. The number of methoxy groups -OCH3 is 1. The van der Waals surface area contributed by atoms with Crippen molar-refractivity contribution in [3.8, 4) is 5.75 Å². The number of carbonyl (C=O) groups is 2. The fourth-order valence-corrected chi connectivity index (χ4v) is 3.89. The van der Waals surface area contributed by atoms with Gasteiger partial charge in [-0.15, -0.1) is 0 Å². The first-order valence-corrected chi connectivity index (χ1v) is 10.3. The van der Waals surface area contributed by atoms with Gasteiger partial charge >= 0.3 is 0 Å². The van der Waals surface area contributed by atoms with Crippen LogP contribution in [0.15, 0.2) is 40.5 Å². The molecule has 1 aliphatic heterocycles. The summed E-state index contributed by atoms with van der Waals surface area (Å²) in [4.78, 5) is 29.3. The molecular weight excluding hydrogens is 396 g/mol. The van der Waals surface area contributed by atoms with E-state index in [-0.39, 0.29) is 17.3 Å². The van der Waals surface area contributed by atoms with Crippen LogP contribution >= 0.6 is 0 Å². The molecule has 0 saturated carbocycles. The molecule has 166 valence electrons. The molecule has 7 heteroatoms. The van der Waals surface area contributed by atoms with E-state index in [0.29, 0.717) is 24.4 Å². The van der Waals surface area contributed by atoms with Crippen molar-refractivity contribution >= 4 is 17.4 Å². The van der Waals surface area contributed by atoms with Gasteiger partial charge in [0.2, 0.25) is 0 Å². The number of hydrogen-bond donors (Lipinski definition) is 1. The zero-order chi connectivity index (χ0) is 22.9. The van der Waals surface area contributed by atoms with Gasteiger partial charge in [0.05, 0.1) is 18.9 Å². The van der Waals surface area contributed by atoms with Crippen LogP contribution in [-0.2, 0) is 9.59 Å². The molecule has 1 N–H and O–H groups in total. The largest absolute Gasteiger partial charge is 0.507 e. The van der Waals surface area contributed by atoms with E-state index in [0.717, 1.165) is 16.9 Å². The number of likely N-dealkylation sites (tertiary alicyclic amines) is 1. The monoisotopic (exact) mass is 426 g/mol. The Morgan fingerprint density at radius 3 is 2.55 bits per heavy atom. The summed E-state index contributed by atoms with van der Waals surface area (Å²) in [5.41, 5.74) is 2.20. The van der Waals surface area contributed by atoms with E-state index >= 15 is 0 Å². The van der Waals surface area contributed by atoms with Crippen molar-refractivity contribution in [1.29, 1.82) is 0 Å². The molecule has 1 amide bonds. The lowest BCUT2D eigenvalue weighted by Gasteiger charge is -2.25. The Morgan fingerprint density at radius 1 is 1.29 bits per heavy atom. The minimum Gasteiger partial charge on any atom is -0.507 e. The number of ether oxygens (including phenoxy) is 1. The van der Waals surface area contributed by atoms with Crippen LogP contribution < -0.4 is 4.74 Å². The molecular formula is C24H30N2O5. The number of ketones is 1. The Labute approximate surface area is 182 Å². The number of aryl methyl sites for hydroxylation is 1. The van der Waals surface area contributed by atoms with E-state index in [9.17, 15) is 14.7 Å². The second-order valence-corrected chi connectivity index (χ2v) is 8.37. The Hall–Kier alpha value is -3.06. The predicted octanol–water partition coefficient (Wildman–Crippen LogP) is 3.70. The van der Waals surface area contributed by atoms with E-state index in [1.807, 2.05) is 51.9 Å². The molecule has 2 aromatic rings. The smallest absolute Gasteiger partial charge is 0.295 e. The Bertz CT molecular complexity index is 1010. The van der Waals surface area contributed by atoms with Gasteiger partial charge in [-0.2, -0.15) is 0 Å². The first-order valence-electron chi connectivity index (χ1n) is 10.3. The van der Waals surface area contributed by atoms with E-state index in [1.165, 1.54) is 11.2 Å². The van der Waals surface area contributed by atoms with Gasteiger partial charge in [0.25, 0.3) is 11.7 Å². The van der Waals surface area contributed by atoms with Crippen LogP contribution in [0.1, 0.15) is 48.3 Å². The molecule has 0 spiro atoms. The number of likely N-dealkylation sites (N-methyl/N-ethyl adjacent to an activating group) is 1. The molecule has 1 unspecified atom stereocenters. The summed E-state index contributed by atoms with van der Waals surface area (Å²) < 4.78 is 11.1. The highest BCUT2D eigenvalue weighted by Gasteiger charge is 2.47. The number of benzene rings is 1. The number of aliphatic hydroxyl groups excluding tert-OH is 1. The van der Waals surface area contributed by atoms with Crippen molar-refractivity contribution in [3.05, 3.63) is 58.6 Å². The molecule has 7 nitrogen and oxygen atoms in total. The van der Waals surface area contributed by atoms with Gasteiger partial charge in [0.15, 0.2) is 0 Å².